The van der Waals surface area contributed by atoms with Crippen LogP contribution in [0.25, 0.3) is 4.96 Å². The van der Waals surface area contributed by atoms with Crippen LogP contribution in [-0.4, -0.2) is 33.4 Å². The molecule has 2 atom stereocenters. The SMILES string of the molecule is Cc1nn2c(CNC3CCOC(C)C3)c(C(C)C)nc2s1. The van der Waals surface area contributed by atoms with Gasteiger partial charge in [0, 0.05) is 19.2 Å². The van der Waals surface area contributed by atoms with Crippen LogP contribution in [0.1, 0.15) is 55.9 Å². The second kappa shape index (κ2) is 6.02. The number of hydrogen-bond acceptors (Lipinski definition) is 5. The van der Waals surface area contributed by atoms with E-state index in [0.717, 1.165) is 36.0 Å². The minimum atomic E-state index is 0.354. The number of imidazole rings is 1. The molecule has 1 aliphatic heterocycles. The summed E-state index contributed by atoms with van der Waals surface area (Å²) in [7, 11) is 0. The molecule has 1 aliphatic rings. The average Bonchev–Trinajstić information content (AvgIpc) is 2.93. The maximum atomic E-state index is 5.61. The smallest absolute Gasteiger partial charge is 0.212 e. The van der Waals surface area contributed by atoms with Gasteiger partial charge < -0.3 is 10.1 Å². The Morgan fingerprint density at radius 3 is 3.00 bits per heavy atom. The van der Waals surface area contributed by atoms with Crippen molar-refractivity contribution < 1.29 is 4.74 Å². The average molecular weight is 308 g/mol. The molecular formula is C15H24N4OS. The summed E-state index contributed by atoms with van der Waals surface area (Å²) in [4.78, 5) is 5.77. The summed E-state index contributed by atoms with van der Waals surface area (Å²) < 4.78 is 7.63. The molecule has 0 amide bonds. The van der Waals surface area contributed by atoms with Gasteiger partial charge in [-0.15, -0.1) is 0 Å². The van der Waals surface area contributed by atoms with E-state index in [0.29, 0.717) is 18.1 Å². The minimum absolute atomic E-state index is 0.354. The van der Waals surface area contributed by atoms with Gasteiger partial charge in [0.05, 0.1) is 17.5 Å². The third-order valence-electron chi connectivity index (χ3n) is 4.02. The van der Waals surface area contributed by atoms with Crippen LogP contribution in [0, 0.1) is 6.92 Å². The normalized spacial score (nSPS) is 23.3. The van der Waals surface area contributed by atoms with Crippen LogP contribution >= 0.6 is 11.3 Å². The van der Waals surface area contributed by atoms with Crippen molar-refractivity contribution in [2.24, 2.45) is 0 Å². The maximum Gasteiger partial charge on any atom is 0.212 e. The molecule has 3 heterocycles. The molecule has 21 heavy (non-hydrogen) atoms. The lowest BCUT2D eigenvalue weighted by molar-refractivity contribution is 0.0129. The van der Waals surface area contributed by atoms with Gasteiger partial charge >= 0.3 is 0 Å². The number of ether oxygens (including phenoxy) is 1. The molecule has 6 heteroatoms. The molecule has 1 fully saturated rings. The van der Waals surface area contributed by atoms with Gasteiger partial charge in [-0.25, -0.2) is 9.50 Å². The quantitative estimate of drug-likeness (QED) is 0.943. The first-order valence-corrected chi connectivity index (χ1v) is 8.56. The first kappa shape index (κ1) is 14.9. The van der Waals surface area contributed by atoms with Crippen molar-refractivity contribution in [2.75, 3.05) is 6.61 Å². The standard InChI is InChI=1S/C15H24N4OS/c1-9(2)14-13(19-15(17-14)21-11(4)18-19)8-16-12-5-6-20-10(3)7-12/h9-10,12,16H,5-8H2,1-4H3. The van der Waals surface area contributed by atoms with Crippen LogP contribution in [0.2, 0.25) is 0 Å². The molecule has 0 radical (unpaired) electrons. The zero-order valence-electron chi connectivity index (χ0n) is 13.2. The molecule has 2 aromatic heterocycles. The first-order valence-electron chi connectivity index (χ1n) is 7.74. The molecule has 0 spiro atoms. The lowest BCUT2D eigenvalue weighted by Gasteiger charge is -2.28. The van der Waals surface area contributed by atoms with Crippen molar-refractivity contribution in [1.82, 2.24) is 19.9 Å². The van der Waals surface area contributed by atoms with Gasteiger partial charge in [0.25, 0.3) is 0 Å². The first-order chi connectivity index (χ1) is 10.0. The lowest BCUT2D eigenvalue weighted by atomic mass is 10.0. The molecule has 0 aromatic carbocycles. The van der Waals surface area contributed by atoms with Crippen molar-refractivity contribution in [3.05, 3.63) is 16.4 Å². The Kier molecular flexibility index (Phi) is 4.28. The third kappa shape index (κ3) is 3.12. The number of aromatic nitrogens is 3. The minimum Gasteiger partial charge on any atom is -0.378 e. The second-order valence-electron chi connectivity index (χ2n) is 6.20. The Bertz CT molecular complexity index is 618. The van der Waals surface area contributed by atoms with Crippen LogP contribution < -0.4 is 5.32 Å². The van der Waals surface area contributed by atoms with E-state index in [1.807, 2.05) is 11.4 Å². The second-order valence-corrected chi connectivity index (χ2v) is 7.36. The van der Waals surface area contributed by atoms with E-state index in [-0.39, 0.29) is 0 Å². The number of nitrogens with one attached hydrogen (secondary N) is 1. The molecule has 2 aromatic rings. The molecule has 0 aliphatic carbocycles. The van der Waals surface area contributed by atoms with Crippen LogP contribution in [0.3, 0.4) is 0 Å². The zero-order valence-corrected chi connectivity index (χ0v) is 14.0. The van der Waals surface area contributed by atoms with E-state index >= 15 is 0 Å². The number of aryl methyl sites for hydroxylation is 1. The van der Waals surface area contributed by atoms with E-state index < -0.39 is 0 Å². The van der Waals surface area contributed by atoms with Gasteiger partial charge in [0.2, 0.25) is 4.96 Å². The molecule has 0 saturated carbocycles. The highest BCUT2D eigenvalue weighted by molar-refractivity contribution is 7.16. The number of fused-ring (bicyclic) bond motifs is 1. The van der Waals surface area contributed by atoms with Gasteiger partial charge in [0.1, 0.15) is 5.01 Å². The number of hydrogen-bond donors (Lipinski definition) is 1. The zero-order chi connectivity index (χ0) is 15.0. The predicted molar refractivity (Wildman–Crippen MR) is 85.0 cm³/mol. The van der Waals surface area contributed by atoms with Gasteiger partial charge in [-0.2, -0.15) is 5.10 Å². The molecular weight excluding hydrogens is 284 g/mol. The molecule has 2 unspecified atom stereocenters. The lowest BCUT2D eigenvalue weighted by Crippen LogP contribution is -2.38. The highest BCUT2D eigenvalue weighted by Crippen LogP contribution is 2.24. The Hall–Kier alpha value is -0.980. The van der Waals surface area contributed by atoms with Crippen molar-refractivity contribution in [1.29, 1.82) is 0 Å². The fourth-order valence-electron chi connectivity index (χ4n) is 2.95. The predicted octanol–water partition coefficient (Wildman–Crippen LogP) is 2.88. The summed E-state index contributed by atoms with van der Waals surface area (Å²) in [5.41, 5.74) is 2.38. The largest absolute Gasteiger partial charge is 0.378 e. The molecule has 1 N–H and O–H groups in total. The van der Waals surface area contributed by atoms with E-state index in [1.54, 1.807) is 11.3 Å². The van der Waals surface area contributed by atoms with Gasteiger partial charge in [0.15, 0.2) is 0 Å². The van der Waals surface area contributed by atoms with E-state index in [1.165, 1.54) is 11.4 Å². The summed E-state index contributed by atoms with van der Waals surface area (Å²) in [6.07, 6.45) is 2.52. The highest BCUT2D eigenvalue weighted by Gasteiger charge is 2.22. The van der Waals surface area contributed by atoms with Gasteiger partial charge in [-0.3, -0.25) is 0 Å². The topological polar surface area (TPSA) is 51.5 Å². The Morgan fingerprint density at radius 2 is 2.29 bits per heavy atom. The van der Waals surface area contributed by atoms with Crippen molar-refractivity contribution in [3.63, 3.8) is 0 Å². The summed E-state index contributed by atoms with van der Waals surface area (Å²) in [6, 6.07) is 0.527. The van der Waals surface area contributed by atoms with Crippen LogP contribution in [0.4, 0.5) is 0 Å². The van der Waals surface area contributed by atoms with E-state index in [2.05, 4.69) is 31.2 Å². The number of nitrogens with zero attached hydrogens (tertiary/aromatic N) is 3. The summed E-state index contributed by atoms with van der Waals surface area (Å²) in [5.74, 6) is 0.421. The monoisotopic (exact) mass is 308 g/mol. The summed E-state index contributed by atoms with van der Waals surface area (Å²) in [6.45, 7) is 10.3. The highest BCUT2D eigenvalue weighted by atomic mass is 32.1. The molecule has 116 valence electrons. The molecule has 5 nitrogen and oxygen atoms in total. The van der Waals surface area contributed by atoms with Crippen molar-refractivity contribution in [3.8, 4) is 0 Å². The molecule has 0 bridgehead atoms. The number of rotatable bonds is 4. The fourth-order valence-corrected chi connectivity index (χ4v) is 3.72. The van der Waals surface area contributed by atoms with Crippen LogP contribution in [0.5, 0.6) is 0 Å². The summed E-state index contributed by atoms with van der Waals surface area (Å²) in [5, 5.41) is 9.34. The van der Waals surface area contributed by atoms with Crippen LogP contribution in [-0.2, 0) is 11.3 Å². The summed E-state index contributed by atoms with van der Waals surface area (Å²) >= 11 is 1.66. The van der Waals surface area contributed by atoms with Crippen molar-refractivity contribution >= 4 is 16.3 Å². The van der Waals surface area contributed by atoms with Gasteiger partial charge in [-0.1, -0.05) is 25.2 Å². The van der Waals surface area contributed by atoms with Crippen molar-refractivity contribution in [2.45, 2.75) is 65.1 Å². The van der Waals surface area contributed by atoms with E-state index in [4.69, 9.17) is 9.72 Å². The molecule has 1 saturated heterocycles. The fraction of sp³-hybridized carbons (Fsp3) is 0.733. The van der Waals surface area contributed by atoms with E-state index in [9.17, 15) is 0 Å². The van der Waals surface area contributed by atoms with Gasteiger partial charge in [-0.05, 0) is 32.6 Å². The van der Waals surface area contributed by atoms with Crippen LogP contribution in [0.15, 0.2) is 0 Å². The Labute approximate surface area is 129 Å². The Morgan fingerprint density at radius 1 is 1.48 bits per heavy atom. The Balaban J connectivity index is 1.79. The maximum absolute atomic E-state index is 5.61. The molecule has 3 rings (SSSR count). The third-order valence-corrected chi connectivity index (χ3v) is 4.84.